The Bertz CT molecular complexity index is 1220. The van der Waals surface area contributed by atoms with Crippen LogP contribution < -0.4 is 14.4 Å². The highest BCUT2D eigenvalue weighted by molar-refractivity contribution is 7.92. The van der Waals surface area contributed by atoms with Crippen molar-refractivity contribution in [2.24, 2.45) is 0 Å². The summed E-state index contributed by atoms with van der Waals surface area (Å²) in [6, 6.07) is 19.4. The van der Waals surface area contributed by atoms with E-state index in [1.165, 1.54) is 7.11 Å². The van der Waals surface area contributed by atoms with Crippen molar-refractivity contribution < 1.29 is 17.9 Å². The molecule has 0 saturated heterocycles. The first-order valence-corrected chi connectivity index (χ1v) is 12.2. The van der Waals surface area contributed by atoms with E-state index in [4.69, 9.17) is 4.74 Å². The van der Waals surface area contributed by atoms with E-state index >= 15 is 0 Å². The highest BCUT2D eigenvalue weighted by Gasteiger charge is 2.30. The van der Waals surface area contributed by atoms with Crippen LogP contribution in [-0.2, 0) is 14.8 Å². The Kier molecular flexibility index (Phi) is 7.43. The molecule has 0 aliphatic heterocycles. The molecule has 1 unspecified atom stereocenters. The van der Waals surface area contributed by atoms with Gasteiger partial charge in [-0.1, -0.05) is 53.6 Å². The Morgan fingerprint density at radius 1 is 0.909 bits per heavy atom. The molecule has 0 saturated carbocycles. The lowest BCUT2D eigenvalue weighted by atomic mass is 10.1. The van der Waals surface area contributed by atoms with Gasteiger partial charge in [-0.15, -0.1) is 0 Å². The first-order valence-electron chi connectivity index (χ1n) is 10.7. The van der Waals surface area contributed by atoms with Crippen LogP contribution in [0.3, 0.4) is 0 Å². The van der Waals surface area contributed by atoms with Gasteiger partial charge in [-0.05, 0) is 63.1 Å². The van der Waals surface area contributed by atoms with Crippen LogP contribution in [0.4, 0.5) is 5.69 Å². The van der Waals surface area contributed by atoms with Crippen molar-refractivity contribution in [3.05, 3.63) is 89.0 Å². The fourth-order valence-corrected chi connectivity index (χ4v) is 4.91. The van der Waals surface area contributed by atoms with E-state index in [9.17, 15) is 13.2 Å². The van der Waals surface area contributed by atoms with Gasteiger partial charge in [0.2, 0.25) is 5.91 Å². The van der Waals surface area contributed by atoms with Crippen molar-refractivity contribution in [1.29, 1.82) is 0 Å². The summed E-state index contributed by atoms with van der Waals surface area (Å²) in [5.41, 5.74) is 4.17. The van der Waals surface area contributed by atoms with Gasteiger partial charge in [0.25, 0.3) is 10.0 Å². The van der Waals surface area contributed by atoms with Crippen LogP contribution in [0.1, 0.15) is 35.2 Å². The van der Waals surface area contributed by atoms with E-state index in [0.29, 0.717) is 11.4 Å². The van der Waals surface area contributed by atoms with Crippen LogP contribution in [0, 0.1) is 20.8 Å². The second-order valence-corrected chi connectivity index (χ2v) is 10.1. The highest BCUT2D eigenvalue weighted by atomic mass is 32.2. The number of benzene rings is 3. The monoisotopic (exact) mass is 466 g/mol. The van der Waals surface area contributed by atoms with Gasteiger partial charge in [0.15, 0.2) is 0 Å². The Morgan fingerprint density at radius 3 is 2.03 bits per heavy atom. The van der Waals surface area contributed by atoms with Gasteiger partial charge in [0, 0.05) is 0 Å². The van der Waals surface area contributed by atoms with Gasteiger partial charge in [0.1, 0.15) is 12.3 Å². The molecule has 0 radical (unpaired) electrons. The number of sulfonamides is 1. The number of carbonyl (C=O) groups excluding carboxylic acids is 1. The fourth-order valence-electron chi connectivity index (χ4n) is 3.49. The van der Waals surface area contributed by atoms with Crippen LogP contribution >= 0.6 is 0 Å². The van der Waals surface area contributed by atoms with E-state index < -0.39 is 15.9 Å². The Hall–Kier alpha value is -3.32. The molecule has 3 aromatic carbocycles. The molecule has 0 aliphatic carbocycles. The minimum atomic E-state index is -4.03. The summed E-state index contributed by atoms with van der Waals surface area (Å²) in [5, 5.41) is 2.91. The number of nitrogens with one attached hydrogen (secondary N) is 1. The zero-order chi connectivity index (χ0) is 24.2. The molecule has 0 heterocycles. The van der Waals surface area contributed by atoms with Crippen LogP contribution in [0.2, 0.25) is 0 Å². The van der Waals surface area contributed by atoms with E-state index in [0.717, 1.165) is 26.6 Å². The predicted molar refractivity (Wildman–Crippen MR) is 131 cm³/mol. The number of carbonyl (C=O) groups is 1. The fraction of sp³-hybridized carbons (Fsp3) is 0.269. The number of ether oxygens (including phenoxy) is 1. The summed E-state index contributed by atoms with van der Waals surface area (Å²) in [6.45, 7) is 7.23. The summed E-state index contributed by atoms with van der Waals surface area (Å²) >= 11 is 0. The van der Waals surface area contributed by atoms with E-state index in [2.05, 4.69) is 5.32 Å². The molecule has 0 bridgehead atoms. The number of rotatable bonds is 8. The molecule has 0 aliphatic rings. The number of nitrogens with zero attached hydrogens (tertiary/aromatic N) is 1. The molecular weight excluding hydrogens is 436 g/mol. The minimum Gasteiger partial charge on any atom is -0.495 e. The number of hydrogen-bond acceptors (Lipinski definition) is 4. The molecule has 1 amide bonds. The summed E-state index contributed by atoms with van der Waals surface area (Å²) in [6.07, 6.45) is 0. The number of aryl methyl sites for hydroxylation is 3. The van der Waals surface area contributed by atoms with E-state index in [-0.39, 0.29) is 17.5 Å². The largest absolute Gasteiger partial charge is 0.495 e. The molecule has 3 rings (SSSR count). The van der Waals surface area contributed by atoms with Gasteiger partial charge >= 0.3 is 0 Å². The Morgan fingerprint density at radius 2 is 1.45 bits per heavy atom. The maximum Gasteiger partial charge on any atom is 0.264 e. The third-order valence-corrected chi connectivity index (χ3v) is 7.23. The smallest absolute Gasteiger partial charge is 0.264 e. The van der Waals surface area contributed by atoms with Crippen molar-refractivity contribution in [1.82, 2.24) is 5.32 Å². The van der Waals surface area contributed by atoms with Crippen LogP contribution in [0.5, 0.6) is 5.75 Å². The third kappa shape index (κ3) is 5.73. The molecule has 0 fully saturated rings. The van der Waals surface area contributed by atoms with Gasteiger partial charge in [-0.2, -0.15) is 0 Å². The zero-order valence-corrected chi connectivity index (χ0v) is 20.4. The highest BCUT2D eigenvalue weighted by Crippen LogP contribution is 2.33. The topological polar surface area (TPSA) is 75.7 Å². The lowest BCUT2D eigenvalue weighted by Gasteiger charge is -2.27. The number of anilines is 1. The SMILES string of the molecule is COc1ccc(C)cc1N(CC(=O)NC(C)c1ccc(C)cc1)S(=O)(=O)c1ccc(C)cc1. The van der Waals surface area contributed by atoms with Crippen molar-refractivity contribution in [2.75, 3.05) is 18.0 Å². The molecular formula is C26H30N2O4S. The average molecular weight is 467 g/mol. The number of methoxy groups -OCH3 is 1. The molecule has 0 spiro atoms. The molecule has 174 valence electrons. The van der Waals surface area contributed by atoms with E-state index in [1.54, 1.807) is 36.4 Å². The molecule has 1 atom stereocenters. The Balaban J connectivity index is 1.97. The van der Waals surface area contributed by atoms with Crippen molar-refractivity contribution >= 4 is 21.6 Å². The zero-order valence-electron chi connectivity index (χ0n) is 19.6. The molecule has 0 aromatic heterocycles. The van der Waals surface area contributed by atoms with Gasteiger partial charge < -0.3 is 10.1 Å². The maximum atomic E-state index is 13.6. The van der Waals surface area contributed by atoms with Gasteiger partial charge in [-0.3, -0.25) is 9.10 Å². The number of hydrogen-bond donors (Lipinski definition) is 1. The second kappa shape index (κ2) is 10.1. The summed E-state index contributed by atoms with van der Waals surface area (Å²) in [7, 11) is -2.55. The number of amides is 1. The quantitative estimate of drug-likeness (QED) is 0.522. The normalized spacial score (nSPS) is 12.2. The molecule has 7 heteroatoms. The van der Waals surface area contributed by atoms with Gasteiger partial charge in [-0.25, -0.2) is 8.42 Å². The lowest BCUT2D eigenvalue weighted by molar-refractivity contribution is -0.120. The van der Waals surface area contributed by atoms with Crippen LogP contribution in [0.15, 0.2) is 71.6 Å². The standard InChI is InChI=1S/C26H30N2O4S/c1-18-6-11-22(12-7-18)21(4)27-26(29)17-28(24-16-20(3)10-15-25(24)32-5)33(30,31)23-13-8-19(2)9-14-23/h6-16,21H,17H2,1-5H3,(H,27,29). The maximum absolute atomic E-state index is 13.6. The predicted octanol–water partition coefficient (Wildman–Crippen LogP) is 4.69. The van der Waals surface area contributed by atoms with Crippen molar-refractivity contribution in [3.63, 3.8) is 0 Å². The van der Waals surface area contributed by atoms with E-state index in [1.807, 2.05) is 58.0 Å². The van der Waals surface area contributed by atoms with Crippen molar-refractivity contribution in [2.45, 2.75) is 38.6 Å². The summed E-state index contributed by atoms with van der Waals surface area (Å²) < 4.78 is 33.8. The lowest BCUT2D eigenvalue weighted by Crippen LogP contribution is -2.41. The first kappa shape index (κ1) is 24.3. The summed E-state index contributed by atoms with van der Waals surface area (Å²) in [4.78, 5) is 13.1. The van der Waals surface area contributed by atoms with Crippen LogP contribution in [-0.4, -0.2) is 28.0 Å². The first-order chi connectivity index (χ1) is 15.6. The van der Waals surface area contributed by atoms with Gasteiger partial charge in [0.05, 0.1) is 23.7 Å². The molecule has 6 nitrogen and oxygen atoms in total. The third-order valence-electron chi connectivity index (χ3n) is 5.45. The summed E-state index contributed by atoms with van der Waals surface area (Å²) in [5.74, 6) is -0.0435. The Labute approximate surface area is 196 Å². The molecule has 1 N–H and O–H groups in total. The second-order valence-electron chi connectivity index (χ2n) is 8.20. The molecule has 3 aromatic rings. The minimum absolute atomic E-state index is 0.107. The van der Waals surface area contributed by atoms with Crippen molar-refractivity contribution in [3.8, 4) is 5.75 Å². The molecule has 33 heavy (non-hydrogen) atoms. The van der Waals surface area contributed by atoms with Crippen LogP contribution in [0.25, 0.3) is 0 Å². The average Bonchev–Trinajstić information content (AvgIpc) is 2.78.